The molecular formula is C11H9NO6. The molecule has 18 heavy (non-hydrogen) atoms. The van der Waals surface area contributed by atoms with E-state index in [4.69, 9.17) is 4.74 Å². The highest BCUT2D eigenvalue weighted by Gasteiger charge is 2.27. The van der Waals surface area contributed by atoms with Gasteiger partial charge >= 0.3 is 11.9 Å². The third-order valence-corrected chi connectivity index (χ3v) is 2.41. The molecule has 7 heteroatoms. The van der Waals surface area contributed by atoms with Crippen molar-refractivity contribution in [2.45, 2.75) is 12.5 Å². The Balaban J connectivity index is 2.00. The van der Waals surface area contributed by atoms with Crippen molar-refractivity contribution in [1.82, 2.24) is 0 Å². The fourth-order valence-corrected chi connectivity index (χ4v) is 1.50. The maximum atomic E-state index is 11.6. The lowest BCUT2D eigenvalue weighted by Crippen LogP contribution is -2.18. The molecule has 0 amide bonds. The van der Waals surface area contributed by atoms with Gasteiger partial charge in [-0.15, -0.1) is 0 Å². The first-order valence-electron chi connectivity index (χ1n) is 5.17. The van der Waals surface area contributed by atoms with E-state index in [2.05, 4.69) is 4.74 Å². The van der Waals surface area contributed by atoms with Gasteiger partial charge in [0.2, 0.25) is 0 Å². The number of carbonyl (C=O) groups is 2. The summed E-state index contributed by atoms with van der Waals surface area (Å²) in [6.45, 7) is 0.0531. The van der Waals surface area contributed by atoms with E-state index in [9.17, 15) is 19.7 Å². The van der Waals surface area contributed by atoms with Crippen LogP contribution in [-0.4, -0.2) is 29.6 Å². The number of nitrogens with zero attached hydrogens (tertiary/aromatic N) is 1. The molecule has 1 aromatic carbocycles. The lowest BCUT2D eigenvalue weighted by molar-refractivity contribution is -0.384. The minimum absolute atomic E-state index is 0.0404. The maximum absolute atomic E-state index is 11.6. The van der Waals surface area contributed by atoms with Gasteiger partial charge in [-0.1, -0.05) is 0 Å². The minimum atomic E-state index is -0.631. The molecule has 1 fully saturated rings. The Morgan fingerprint density at radius 3 is 2.56 bits per heavy atom. The summed E-state index contributed by atoms with van der Waals surface area (Å²) in [4.78, 5) is 32.3. The highest BCUT2D eigenvalue weighted by molar-refractivity contribution is 5.90. The molecule has 1 aromatic rings. The zero-order chi connectivity index (χ0) is 13.1. The average Bonchev–Trinajstić information content (AvgIpc) is 2.75. The van der Waals surface area contributed by atoms with Crippen LogP contribution in [0.15, 0.2) is 24.3 Å². The number of hydrogen-bond acceptors (Lipinski definition) is 6. The Hall–Kier alpha value is -2.44. The molecule has 1 atom stereocenters. The van der Waals surface area contributed by atoms with E-state index < -0.39 is 23.0 Å². The summed E-state index contributed by atoms with van der Waals surface area (Å²) in [5.74, 6) is -1.04. The molecule has 1 heterocycles. The van der Waals surface area contributed by atoms with Crippen molar-refractivity contribution < 1.29 is 24.0 Å². The largest absolute Gasteiger partial charge is 0.462 e. The first kappa shape index (κ1) is 12.0. The fraction of sp³-hybridized carbons (Fsp3) is 0.273. The molecule has 0 spiro atoms. The van der Waals surface area contributed by atoms with E-state index in [1.165, 1.54) is 24.3 Å². The van der Waals surface area contributed by atoms with Gasteiger partial charge in [0.25, 0.3) is 5.69 Å². The summed E-state index contributed by atoms with van der Waals surface area (Å²) >= 11 is 0. The summed E-state index contributed by atoms with van der Waals surface area (Å²) < 4.78 is 9.66. The lowest BCUT2D eigenvalue weighted by Gasteiger charge is -2.08. The Labute approximate surface area is 101 Å². The van der Waals surface area contributed by atoms with Crippen LogP contribution in [0.3, 0.4) is 0 Å². The highest BCUT2D eigenvalue weighted by Crippen LogP contribution is 2.15. The van der Waals surface area contributed by atoms with Crippen LogP contribution in [0.25, 0.3) is 0 Å². The Bertz CT molecular complexity index is 495. The van der Waals surface area contributed by atoms with Crippen molar-refractivity contribution in [3.05, 3.63) is 39.9 Å². The van der Waals surface area contributed by atoms with Crippen LogP contribution >= 0.6 is 0 Å². The van der Waals surface area contributed by atoms with Crippen molar-refractivity contribution in [3.8, 4) is 0 Å². The normalized spacial score (nSPS) is 18.2. The second-order valence-corrected chi connectivity index (χ2v) is 3.72. The predicted octanol–water partition coefficient (Wildman–Crippen LogP) is 1.07. The number of ether oxygens (including phenoxy) is 2. The number of cyclic esters (lactones) is 1. The molecule has 2 rings (SSSR count). The fourth-order valence-electron chi connectivity index (χ4n) is 1.50. The van der Waals surface area contributed by atoms with E-state index in [0.717, 1.165) is 0 Å². The molecule has 94 valence electrons. The highest BCUT2D eigenvalue weighted by atomic mass is 16.6. The summed E-state index contributed by atoms with van der Waals surface area (Å²) in [7, 11) is 0. The van der Waals surface area contributed by atoms with Crippen LogP contribution in [0.1, 0.15) is 16.8 Å². The number of nitro benzene ring substituents is 1. The van der Waals surface area contributed by atoms with Gasteiger partial charge in [0, 0.05) is 12.1 Å². The van der Waals surface area contributed by atoms with Gasteiger partial charge in [-0.25, -0.2) is 4.79 Å². The van der Waals surface area contributed by atoms with Crippen molar-refractivity contribution in [1.29, 1.82) is 0 Å². The van der Waals surface area contributed by atoms with Gasteiger partial charge in [-0.05, 0) is 12.1 Å². The van der Waals surface area contributed by atoms with Crippen LogP contribution in [0.4, 0.5) is 5.69 Å². The van der Waals surface area contributed by atoms with Crippen molar-refractivity contribution >= 4 is 17.6 Å². The van der Waals surface area contributed by atoms with Crippen molar-refractivity contribution in [2.75, 3.05) is 6.61 Å². The molecule has 1 saturated heterocycles. The molecule has 1 aliphatic rings. The van der Waals surface area contributed by atoms with Crippen molar-refractivity contribution in [2.24, 2.45) is 0 Å². The third-order valence-electron chi connectivity index (χ3n) is 2.41. The van der Waals surface area contributed by atoms with E-state index >= 15 is 0 Å². The molecule has 0 aromatic heterocycles. The average molecular weight is 251 g/mol. The molecule has 0 bridgehead atoms. The first-order chi connectivity index (χ1) is 8.56. The Morgan fingerprint density at radius 1 is 1.39 bits per heavy atom. The van der Waals surface area contributed by atoms with Gasteiger partial charge in [0.1, 0.15) is 12.7 Å². The summed E-state index contributed by atoms with van der Waals surface area (Å²) in [5.41, 5.74) is 0.0888. The first-order valence-corrected chi connectivity index (χ1v) is 5.17. The SMILES string of the molecule is O=C1C[C@H](OC(=O)c2ccc([N+](=O)[O-])cc2)CO1. The number of esters is 2. The van der Waals surface area contributed by atoms with E-state index in [-0.39, 0.29) is 24.3 Å². The topological polar surface area (TPSA) is 95.7 Å². The minimum Gasteiger partial charge on any atom is -0.462 e. The quantitative estimate of drug-likeness (QED) is 0.453. The monoisotopic (exact) mass is 251 g/mol. The van der Waals surface area contributed by atoms with Gasteiger partial charge in [0.15, 0.2) is 0 Å². The number of nitro groups is 1. The molecule has 0 unspecified atom stereocenters. The third kappa shape index (κ3) is 2.62. The van der Waals surface area contributed by atoms with Gasteiger partial charge in [0.05, 0.1) is 16.9 Å². The second-order valence-electron chi connectivity index (χ2n) is 3.72. The standard InChI is InChI=1S/C11H9NO6/c13-10-5-9(6-17-10)18-11(14)7-1-3-8(4-2-7)12(15)16/h1-4,9H,5-6H2/t9-/m0/s1. The molecule has 1 aliphatic heterocycles. The lowest BCUT2D eigenvalue weighted by atomic mass is 10.2. The number of rotatable bonds is 3. The van der Waals surface area contributed by atoms with Crippen LogP contribution < -0.4 is 0 Å². The molecule has 0 radical (unpaired) electrons. The zero-order valence-corrected chi connectivity index (χ0v) is 9.20. The second kappa shape index (κ2) is 4.82. The predicted molar refractivity (Wildman–Crippen MR) is 57.9 cm³/mol. The smallest absolute Gasteiger partial charge is 0.338 e. The van der Waals surface area contributed by atoms with Crippen LogP contribution in [-0.2, 0) is 14.3 Å². The van der Waals surface area contributed by atoms with E-state index in [1.54, 1.807) is 0 Å². The van der Waals surface area contributed by atoms with Crippen LogP contribution in [0, 0.1) is 10.1 Å². The molecule has 0 saturated carbocycles. The van der Waals surface area contributed by atoms with Crippen LogP contribution in [0.2, 0.25) is 0 Å². The van der Waals surface area contributed by atoms with E-state index in [1.807, 2.05) is 0 Å². The molecule has 0 N–H and O–H groups in total. The summed E-state index contributed by atoms with van der Waals surface area (Å²) in [6, 6.07) is 5.04. The Morgan fingerprint density at radius 2 is 2.06 bits per heavy atom. The number of non-ortho nitro benzene ring substituents is 1. The maximum Gasteiger partial charge on any atom is 0.338 e. The number of hydrogen-bond donors (Lipinski definition) is 0. The summed E-state index contributed by atoms with van der Waals surface area (Å²) in [5, 5.41) is 10.4. The molecule has 7 nitrogen and oxygen atoms in total. The van der Waals surface area contributed by atoms with Gasteiger partial charge in [-0.3, -0.25) is 14.9 Å². The number of benzene rings is 1. The van der Waals surface area contributed by atoms with Gasteiger partial charge in [-0.2, -0.15) is 0 Å². The molecule has 0 aliphatic carbocycles. The Kier molecular flexibility index (Phi) is 3.22. The zero-order valence-electron chi connectivity index (χ0n) is 9.20. The summed E-state index contributed by atoms with van der Waals surface area (Å²) in [6.07, 6.45) is -0.543. The van der Waals surface area contributed by atoms with E-state index in [0.29, 0.717) is 0 Å². The molecular weight excluding hydrogens is 242 g/mol. The number of carbonyl (C=O) groups excluding carboxylic acids is 2. The van der Waals surface area contributed by atoms with Crippen molar-refractivity contribution in [3.63, 3.8) is 0 Å². The van der Waals surface area contributed by atoms with Gasteiger partial charge < -0.3 is 9.47 Å². The van der Waals surface area contributed by atoms with Crippen LogP contribution in [0.5, 0.6) is 0 Å².